The van der Waals surface area contributed by atoms with Crippen LogP contribution in [0.25, 0.3) is 0 Å². The van der Waals surface area contributed by atoms with Crippen LogP contribution < -0.4 is 19.7 Å². The summed E-state index contributed by atoms with van der Waals surface area (Å²) in [6.45, 7) is 0.523. The van der Waals surface area contributed by atoms with E-state index in [2.05, 4.69) is 15.3 Å². The molecule has 0 radical (unpaired) electrons. The lowest BCUT2D eigenvalue weighted by Crippen LogP contribution is -2.26. The van der Waals surface area contributed by atoms with Gasteiger partial charge in [0.05, 0.1) is 13.0 Å². The molecule has 0 saturated heterocycles. The predicted molar refractivity (Wildman–Crippen MR) is 84.5 cm³/mol. The lowest BCUT2D eigenvalue weighted by Gasteiger charge is -2.12. The fourth-order valence-corrected chi connectivity index (χ4v) is 2.20. The van der Waals surface area contributed by atoms with Crippen molar-refractivity contribution in [2.24, 2.45) is 0 Å². The predicted octanol–water partition coefficient (Wildman–Crippen LogP) is 1.13. The first kappa shape index (κ1) is 15.1. The maximum atomic E-state index is 12.1. The fourth-order valence-electron chi connectivity index (χ4n) is 2.20. The molecule has 0 spiro atoms. The summed E-state index contributed by atoms with van der Waals surface area (Å²) < 4.78 is 10.6. The van der Waals surface area contributed by atoms with Gasteiger partial charge >= 0.3 is 0 Å². The molecule has 1 aromatic carbocycles. The van der Waals surface area contributed by atoms with Gasteiger partial charge in [-0.05, 0) is 23.8 Å². The van der Waals surface area contributed by atoms with E-state index in [0.29, 0.717) is 23.9 Å². The van der Waals surface area contributed by atoms with Crippen molar-refractivity contribution in [1.82, 2.24) is 15.3 Å². The number of nitrogens with zero attached hydrogens (tertiary/aromatic N) is 3. The van der Waals surface area contributed by atoms with E-state index in [1.54, 1.807) is 6.20 Å². The van der Waals surface area contributed by atoms with Crippen molar-refractivity contribution in [3.05, 3.63) is 41.9 Å². The van der Waals surface area contributed by atoms with E-state index in [1.165, 1.54) is 0 Å². The number of carbonyl (C=O) groups is 1. The van der Waals surface area contributed by atoms with E-state index in [1.807, 2.05) is 43.3 Å². The second kappa shape index (κ2) is 6.51. The van der Waals surface area contributed by atoms with Crippen molar-refractivity contribution < 1.29 is 14.3 Å². The second-order valence-corrected chi connectivity index (χ2v) is 5.37. The zero-order valence-electron chi connectivity index (χ0n) is 13.1. The number of hydrogen-bond donors (Lipinski definition) is 1. The van der Waals surface area contributed by atoms with Gasteiger partial charge in [0, 0.05) is 20.3 Å². The van der Waals surface area contributed by atoms with Gasteiger partial charge in [0.15, 0.2) is 11.5 Å². The summed E-state index contributed by atoms with van der Waals surface area (Å²) in [4.78, 5) is 22.5. The molecule has 23 heavy (non-hydrogen) atoms. The largest absolute Gasteiger partial charge is 0.454 e. The minimum absolute atomic E-state index is 0.0947. The summed E-state index contributed by atoms with van der Waals surface area (Å²) in [5.41, 5.74) is 0.870. The Balaban J connectivity index is 1.56. The van der Waals surface area contributed by atoms with Gasteiger partial charge in [-0.1, -0.05) is 6.07 Å². The maximum Gasteiger partial charge on any atom is 0.231 e. The molecule has 2 heterocycles. The van der Waals surface area contributed by atoms with Crippen LogP contribution in [0.1, 0.15) is 11.4 Å². The normalized spacial score (nSPS) is 12.1. The molecule has 0 unspecified atom stereocenters. The Morgan fingerprint density at radius 2 is 2.09 bits per heavy atom. The molecule has 0 bridgehead atoms. The first-order valence-corrected chi connectivity index (χ1v) is 7.26. The van der Waals surface area contributed by atoms with Crippen LogP contribution in [0.3, 0.4) is 0 Å². The first-order chi connectivity index (χ1) is 11.1. The van der Waals surface area contributed by atoms with E-state index >= 15 is 0 Å². The zero-order chi connectivity index (χ0) is 16.2. The molecule has 1 N–H and O–H groups in total. The van der Waals surface area contributed by atoms with Crippen LogP contribution in [-0.4, -0.2) is 36.8 Å². The topological polar surface area (TPSA) is 76.6 Å². The van der Waals surface area contributed by atoms with Crippen LogP contribution in [-0.2, 0) is 17.8 Å². The molecule has 0 atom stereocenters. The molecule has 1 aliphatic rings. The van der Waals surface area contributed by atoms with Gasteiger partial charge in [-0.2, -0.15) is 0 Å². The Labute approximate surface area is 134 Å². The summed E-state index contributed by atoms with van der Waals surface area (Å²) in [6.07, 6.45) is 1.95. The number of anilines is 1. The third kappa shape index (κ3) is 3.68. The third-order valence-corrected chi connectivity index (χ3v) is 3.39. The van der Waals surface area contributed by atoms with Gasteiger partial charge in [0.2, 0.25) is 12.7 Å². The molecule has 0 aliphatic carbocycles. The van der Waals surface area contributed by atoms with Gasteiger partial charge in [-0.15, -0.1) is 0 Å². The van der Waals surface area contributed by atoms with Gasteiger partial charge in [-0.3, -0.25) is 4.79 Å². The van der Waals surface area contributed by atoms with Crippen molar-refractivity contribution in [2.45, 2.75) is 13.0 Å². The van der Waals surface area contributed by atoms with Crippen molar-refractivity contribution in [1.29, 1.82) is 0 Å². The van der Waals surface area contributed by atoms with Gasteiger partial charge in [0.1, 0.15) is 11.6 Å². The van der Waals surface area contributed by atoms with Crippen LogP contribution in [0.4, 0.5) is 5.82 Å². The van der Waals surface area contributed by atoms with Crippen LogP contribution in [0.5, 0.6) is 11.5 Å². The molecule has 0 saturated carbocycles. The average molecular weight is 314 g/mol. The summed E-state index contributed by atoms with van der Waals surface area (Å²) in [5, 5.41) is 2.83. The molecule has 3 rings (SSSR count). The summed E-state index contributed by atoms with van der Waals surface area (Å²) in [6, 6.07) is 7.31. The first-order valence-electron chi connectivity index (χ1n) is 7.26. The Bertz CT molecular complexity index is 718. The lowest BCUT2D eigenvalue weighted by atomic mass is 10.1. The molecular weight excluding hydrogens is 296 g/mol. The van der Waals surface area contributed by atoms with E-state index in [-0.39, 0.29) is 19.1 Å². The highest BCUT2D eigenvalue weighted by atomic mass is 16.7. The number of benzene rings is 1. The number of fused-ring (bicyclic) bond motifs is 1. The molecule has 1 aliphatic heterocycles. The van der Waals surface area contributed by atoms with Gasteiger partial charge < -0.3 is 19.7 Å². The molecule has 0 fully saturated rings. The molecule has 7 heteroatoms. The SMILES string of the molecule is CN(C)c1ccnc(CNC(=O)Cc2ccc3c(c2)OCO3)n1. The van der Waals surface area contributed by atoms with E-state index < -0.39 is 0 Å². The number of nitrogens with one attached hydrogen (secondary N) is 1. The number of amides is 1. The highest BCUT2D eigenvalue weighted by Crippen LogP contribution is 2.32. The molecule has 120 valence electrons. The number of aromatic nitrogens is 2. The molecule has 1 aromatic heterocycles. The highest BCUT2D eigenvalue weighted by molar-refractivity contribution is 5.78. The van der Waals surface area contributed by atoms with Gasteiger partial charge in [-0.25, -0.2) is 9.97 Å². The van der Waals surface area contributed by atoms with Crippen molar-refractivity contribution >= 4 is 11.7 Å². The quantitative estimate of drug-likeness (QED) is 0.891. The maximum absolute atomic E-state index is 12.1. The standard InChI is InChI=1S/C16H18N4O3/c1-20(2)15-5-6-17-14(19-15)9-18-16(21)8-11-3-4-12-13(7-11)23-10-22-12/h3-7H,8-10H2,1-2H3,(H,18,21). The Morgan fingerprint density at radius 3 is 2.91 bits per heavy atom. The lowest BCUT2D eigenvalue weighted by molar-refractivity contribution is -0.120. The average Bonchev–Trinajstić information content (AvgIpc) is 3.01. The molecule has 7 nitrogen and oxygen atoms in total. The molecule has 1 amide bonds. The van der Waals surface area contributed by atoms with E-state index in [4.69, 9.17) is 9.47 Å². The smallest absolute Gasteiger partial charge is 0.231 e. The zero-order valence-corrected chi connectivity index (χ0v) is 13.1. The van der Waals surface area contributed by atoms with E-state index in [0.717, 1.165) is 11.4 Å². The van der Waals surface area contributed by atoms with Crippen molar-refractivity contribution in [3.8, 4) is 11.5 Å². The fraction of sp³-hybridized carbons (Fsp3) is 0.312. The summed E-state index contributed by atoms with van der Waals surface area (Å²) in [7, 11) is 3.81. The minimum Gasteiger partial charge on any atom is -0.454 e. The van der Waals surface area contributed by atoms with E-state index in [9.17, 15) is 4.79 Å². The Hall–Kier alpha value is -2.83. The number of rotatable bonds is 5. The van der Waals surface area contributed by atoms with Crippen LogP contribution >= 0.6 is 0 Å². The highest BCUT2D eigenvalue weighted by Gasteiger charge is 2.14. The Kier molecular flexibility index (Phi) is 4.27. The van der Waals surface area contributed by atoms with Crippen LogP contribution in [0.2, 0.25) is 0 Å². The third-order valence-electron chi connectivity index (χ3n) is 3.39. The van der Waals surface area contributed by atoms with Crippen molar-refractivity contribution in [3.63, 3.8) is 0 Å². The number of ether oxygens (including phenoxy) is 2. The number of carbonyl (C=O) groups excluding carboxylic acids is 1. The van der Waals surface area contributed by atoms with Crippen LogP contribution in [0.15, 0.2) is 30.5 Å². The Morgan fingerprint density at radius 1 is 1.26 bits per heavy atom. The summed E-state index contributed by atoms with van der Waals surface area (Å²) in [5.74, 6) is 2.68. The minimum atomic E-state index is -0.0947. The molecule has 2 aromatic rings. The van der Waals surface area contributed by atoms with Gasteiger partial charge in [0.25, 0.3) is 0 Å². The second-order valence-electron chi connectivity index (χ2n) is 5.37. The van der Waals surface area contributed by atoms with Crippen LogP contribution in [0, 0.1) is 0 Å². The monoisotopic (exact) mass is 314 g/mol. The molecular formula is C16H18N4O3. The number of hydrogen-bond acceptors (Lipinski definition) is 6. The van der Waals surface area contributed by atoms with Crippen molar-refractivity contribution in [2.75, 3.05) is 25.8 Å². The summed E-state index contributed by atoms with van der Waals surface area (Å²) >= 11 is 0.